The van der Waals surface area contributed by atoms with Gasteiger partial charge in [-0.15, -0.1) is 11.3 Å². The van der Waals surface area contributed by atoms with Crippen molar-refractivity contribution >= 4 is 44.5 Å². The zero-order chi connectivity index (χ0) is 17.8. The Labute approximate surface area is 148 Å². The number of nitrogens with zero attached hydrogens (tertiary/aromatic N) is 3. The number of aryl methyl sites for hydroxylation is 1. The van der Waals surface area contributed by atoms with Crippen molar-refractivity contribution in [2.45, 2.75) is 32.9 Å². The largest absolute Gasteiger partial charge is 0.450 e. The number of ether oxygens (including phenoxy) is 2. The van der Waals surface area contributed by atoms with Crippen molar-refractivity contribution in [3.05, 3.63) is 17.3 Å². The van der Waals surface area contributed by atoms with Gasteiger partial charge in [-0.2, -0.15) is 0 Å². The van der Waals surface area contributed by atoms with E-state index < -0.39 is 6.09 Å². The van der Waals surface area contributed by atoms with Crippen LogP contribution in [0.4, 0.5) is 10.6 Å². The molecule has 0 radical (unpaired) electrons. The van der Waals surface area contributed by atoms with Crippen molar-refractivity contribution in [1.82, 2.24) is 14.5 Å². The number of primary amides is 1. The highest BCUT2D eigenvalue weighted by Crippen LogP contribution is 2.32. The minimum absolute atomic E-state index is 0.306. The third-order valence-electron chi connectivity index (χ3n) is 3.85. The van der Waals surface area contributed by atoms with Crippen LogP contribution in [0.1, 0.15) is 25.6 Å². The van der Waals surface area contributed by atoms with Crippen molar-refractivity contribution in [3.8, 4) is 0 Å². The van der Waals surface area contributed by atoms with Crippen LogP contribution < -0.4 is 11.5 Å². The predicted molar refractivity (Wildman–Crippen MR) is 97.4 cm³/mol. The number of carbonyl (C=O) groups is 1. The van der Waals surface area contributed by atoms with E-state index in [-0.39, 0.29) is 0 Å². The fourth-order valence-electron chi connectivity index (χ4n) is 2.75. The van der Waals surface area contributed by atoms with Gasteiger partial charge in [0.25, 0.3) is 0 Å². The van der Waals surface area contributed by atoms with Crippen LogP contribution in [-0.2, 0) is 22.6 Å². The number of rotatable bonds is 8. The molecule has 0 bridgehead atoms. The maximum absolute atomic E-state index is 10.6. The molecule has 0 aliphatic rings. The monoisotopic (exact) mass is 363 g/mol. The SMILES string of the molecule is CCOCc1nc2c(N)nc3ccsc3c2n1CCCCOC(N)=O. The lowest BCUT2D eigenvalue weighted by molar-refractivity contribution is 0.125. The molecule has 25 heavy (non-hydrogen) atoms. The van der Waals surface area contributed by atoms with Crippen LogP contribution in [0, 0.1) is 0 Å². The van der Waals surface area contributed by atoms with Crippen LogP contribution in [0.3, 0.4) is 0 Å². The Morgan fingerprint density at radius 2 is 2.20 bits per heavy atom. The number of amides is 1. The molecule has 0 saturated carbocycles. The van der Waals surface area contributed by atoms with Gasteiger partial charge in [-0.25, -0.2) is 14.8 Å². The fourth-order valence-corrected chi connectivity index (χ4v) is 3.63. The summed E-state index contributed by atoms with van der Waals surface area (Å²) in [4.78, 5) is 19.7. The van der Waals surface area contributed by atoms with Gasteiger partial charge in [0.2, 0.25) is 0 Å². The summed E-state index contributed by atoms with van der Waals surface area (Å²) in [6.07, 6.45) is 0.780. The van der Waals surface area contributed by atoms with Crippen molar-refractivity contribution in [1.29, 1.82) is 0 Å². The first-order chi connectivity index (χ1) is 12.1. The molecular formula is C16H21N5O3S. The lowest BCUT2D eigenvalue weighted by Gasteiger charge is -2.10. The van der Waals surface area contributed by atoms with Crippen LogP contribution in [0.15, 0.2) is 11.4 Å². The molecule has 9 heteroatoms. The van der Waals surface area contributed by atoms with Crippen molar-refractivity contribution in [2.24, 2.45) is 5.73 Å². The molecule has 0 unspecified atom stereocenters. The number of nitrogen functional groups attached to an aromatic ring is 1. The highest BCUT2D eigenvalue weighted by atomic mass is 32.1. The number of hydrogen-bond donors (Lipinski definition) is 2. The molecule has 3 heterocycles. The van der Waals surface area contributed by atoms with Crippen LogP contribution in [0.2, 0.25) is 0 Å². The number of nitrogens with two attached hydrogens (primary N) is 2. The van der Waals surface area contributed by atoms with E-state index in [9.17, 15) is 4.79 Å². The third-order valence-corrected chi connectivity index (χ3v) is 4.76. The van der Waals surface area contributed by atoms with Crippen molar-refractivity contribution in [2.75, 3.05) is 18.9 Å². The average molecular weight is 363 g/mol. The molecular weight excluding hydrogens is 342 g/mol. The van der Waals surface area contributed by atoms with Crippen LogP contribution >= 0.6 is 11.3 Å². The standard InChI is InChI=1S/C16H21N5O3S/c1-2-23-9-11-20-12-13(14-10(5-8-25-14)19-15(12)17)21(11)6-3-4-7-24-16(18)22/h5,8H,2-4,6-7,9H2,1H3,(H2,17,19)(H2,18,22). The topological polar surface area (TPSA) is 118 Å². The molecule has 134 valence electrons. The van der Waals surface area contributed by atoms with Gasteiger partial charge in [0.1, 0.15) is 17.9 Å². The van der Waals surface area contributed by atoms with Crippen LogP contribution in [0.5, 0.6) is 0 Å². The Bertz CT molecular complexity index is 889. The lowest BCUT2D eigenvalue weighted by atomic mass is 10.3. The number of imidazole rings is 1. The van der Waals surface area contributed by atoms with Gasteiger partial charge in [-0.3, -0.25) is 0 Å². The minimum atomic E-state index is -0.746. The van der Waals surface area contributed by atoms with Gasteiger partial charge in [0.15, 0.2) is 5.82 Å². The molecule has 8 nitrogen and oxygen atoms in total. The number of thiophene rings is 1. The van der Waals surface area contributed by atoms with E-state index in [0.29, 0.717) is 37.6 Å². The number of carbonyl (C=O) groups excluding carboxylic acids is 1. The summed E-state index contributed by atoms with van der Waals surface area (Å²) in [6.45, 7) is 3.99. The maximum Gasteiger partial charge on any atom is 0.404 e. The molecule has 0 fully saturated rings. The first-order valence-corrected chi connectivity index (χ1v) is 9.01. The number of hydrogen-bond acceptors (Lipinski definition) is 7. The molecule has 0 spiro atoms. The van der Waals surface area contributed by atoms with E-state index in [4.69, 9.17) is 20.9 Å². The molecule has 0 saturated heterocycles. The summed E-state index contributed by atoms with van der Waals surface area (Å²) in [7, 11) is 0. The smallest absolute Gasteiger partial charge is 0.404 e. The second-order valence-electron chi connectivity index (χ2n) is 5.52. The van der Waals surface area contributed by atoms with E-state index in [0.717, 1.165) is 34.5 Å². The molecule has 0 atom stereocenters. The van der Waals surface area contributed by atoms with E-state index in [1.54, 1.807) is 11.3 Å². The number of pyridine rings is 1. The normalized spacial score (nSPS) is 11.4. The summed E-state index contributed by atoms with van der Waals surface area (Å²) in [5.41, 5.74) is 13.7. The van der Waals surface area contributed by atoms with E-state index in [1.807, 2.05) is 18.4 Å². The molecule has 0 aliphatic carbocycles. The summed E-state index contributed by atoms with van der Waals surface area (Å²) >= 11 is 1.62. The first kappa shape index (κ1) is 17.4. The molecule has 0 aromatic carbocycles. The summed E-state index contributed by atoms with van der Waals surface area (Å²) in [6, 6.07) is 1.95. The second-order valence-corrected chi connectivity index (χ2v) is 6.44. The van der Waals surface area contributed by atoms with E-state index in [2.05, 4.69) is 14.5 Å². The number of anilines is 1. The molecule has 3 aromatic rings. The molecule has 0 aliphatic heterocycles. The Morgan fingerprint density at radius 1 is 1.36 bits per heavy atom. The Hall–Kier alpha value is -2.39. The van der Waals surface area contributed by atoms with Crippen molar-refractivity contribution < 1.29 is 14.3 Å². The average Bonchev–Trinajstić information content (AvgIpc) is 3.17. The Balaban J connectivity index is 1.93. The molecule has 1 amide bonds. The molecule has 4 N–H and O–H groups in total. The van der Waals surface area contributed by atoms with Crippen LogP contribution in [-0.4, -0.2) is 33.8 Å². The Morgan fingerprint density at radius 3 is 2.96 bits per heavy atom. The van der Waals surface area contributed by atoms with Gasteiger partial charge in [-0.1, -0.05) is 0 Å². The second kappa shape index (κ2) is 7.66. The molecule has 3 aromatic heterocycles. The zero-order valence-electron chi connectivity index (χ0n) is 14.0. The van der Waals surface area contributed by atoms with Gasteiger partial charge >= 0.3 is 6.09 Å². The van der Waals surface area contributed by atoms with Gasteiger partial charge in [0, 0.05) is 13.2 Å². The number of fused-ring (bicyclic) bond motifs is 3. The zero-order valence-corrected chi connectivity index (χ0v) is 14.8. The fraction of sp³-hybridized carbons (Fsp3) is 0.438. The summed E-state index contributed by atoms with van der Waals surface area (Å²) < 4.78 is 13.5. The summed E-state index contributed by atoms with van der Waals surface area (Å²) in [5, 5.41) is 2.00. The van der Waals surface area contributed by atoms with Crippen molar-refractivity contribution in [3.63, 3.8) is 0 Å². The van der Waals surface area contributed by atoms with Gasteiger partial charge in [-0.05, 0) is 31.2 Å². The highest BCUT2D eigenvalue weighted by Gasteiger charge is 2.18. The lowest BCUT2D eigenvalue weighted by Crippen LogP contribution is -2.14. The van der Waals surface area contributed by atoms with E-state index >= 15 is 0 Å². The molecule has 3 rings (SSSR count). The number of aromatic nitrogens is 3. The van der Waals surface area contributed by atoms with E-state index in [1.165, 1.54) is 0 Å². The Kier molecular flexibility index (Phi) is 5.34. The quantitative estimate of drug-likeness (QED) is 0.594. The van der Waals surface area contributed by atoms with Gasteiger partial charge in [0.05, 0.1) is 22.3 Å². The summed E-state index contributed by atoms with van der Waals surface area (Å²) in [5.74, 6) is 1.25. The van der Waals surface area contributed by atoms with Crippen LogP contribution in [0.25, 0.3) is 21.3 Å². The first-order valence-electron chi connectivity index (χ1n) is 8.13. The third kappa shape index (κ3) is 3.67. The maximum atomic E-state index is 10.6. The number of unbranched alkanes of at least 4 members (excludes halogenated alkanes) is 1. The minimum Gasteiger partial charge on any atom is -0.450 e. The predicted octanol–water partition coefficient (Wildman–Crippen LogP) is 2.64. The highest BCUT2D eigenvalue weighted by molar-refractivity contribution is 7.18. The van der Waals surface area contributed by atoms with Gasteiger partial charge < -0.3 is 25.5 Å².